The fourth-order valence-electron chi connectivity index (χ4n) is 5.15. The molecule has 3 fully saturated rings. The van der Waals surface area contributed by atoms with Crippen LogP contribution in [0.2, 0.25) is 0 Å². The van der Waals surface area contributed by atoms with E-state index in [2.05, 4.69) is 50.8 Å². The van der Waals surface area contributed by atoms with Gasteiger partial charge in [-0.3, -0.25) is 15.6 Å². The van der Waals surface area contributed by atoms with Gasteiger partial charge in [0.1, 0.15) is 0 Å². The predicted molar refractivity (Wildman–Crippen MR) is 108 cm³/mol. The Hall–Kier alpha value is -1.11. The average molecular weight is 421 g/mol. The fraction of sp³-hybridized carbons (Fsp3) is 0.650. The van der Waals surface area contributed by atoms with E-state index in [0.717, 1.165) is 47.2 Å². The van der Waals surface area contributed by atoms with E-state index in [0.29, 0.717) is 24.0 Å². The Balaban J connectivity index is 1.67. The molecule has 3 aliphatic rings. The maximum absolute atomic E-state index is 13.6. The number of anilines is 1. The van der Waals surface area contributed by atoms with Gasteiger partial charge in [-0.1, -0.05) is 28.8 Å². The zero-order chi connectivity index (χ0) is 18.3. The third kappa shape index (κ3) is 3.06. The Morgan fingerprint density at radius 1 is 1.23 bits per heavy atom. The van der Waals surface area contributed by atoms with E-state index in [-0.39, 0.29) is 5.91 Å². The number of hydrazine groups is 1. The van der Waals surface area contributed by atoms with Crippen LogP contribution in [-0.2, 0) is 0 Å². The molecule has 142 valence electrons. The lowest BCUT2D eigenvalue weighted by Crippen LogP contribution is -2.55. The first-order chi connectivity index (χ1) is 12.6. The van der Waals surface area contributed by atoms with Gasteiger partial charge in [-0.05, 0) is 50.8 Å². The average Bonchev–Trinajstić information content (AvgIpc) is 2.93. The summed E-state index contributed by atoms with van der Waals surface area (Å²) in [6, 6.07) is 5.33. The van der Waals surface area contributed by atoms with Crippen LogP contribution in [0.25, 0.3) is 0 Å². The van der Waals surface area contributed by atoms with Crippen LogP contribution in [0.4, 0.5) is 5.69 Å². The van der Waals surface area contributed by atoms with Crippen LogP contribution in [0.1, 0.15) is 54.9 Å². The molecule has 0 bridgehead atoms. The second kappa shape index (κ2) is 7.49. The molecule has 1 aromatic rings. The summed E-state index contributed by atoms with van der Waals surface area (Å²) in [5.74, 6) is 0.724. The van der Waals surface area contributed by atoms with Crippen molar-refractivity contribution in [2.75, 3.05) is 18.4 Å². The molecule has 2 heterocycles. The first kappa shape index (κ1) is 18.3. The van der Waals surface area contributed by atoms with Gasteiger partial charge in [-0.15, -0.1) is 0 Å². The lowest BCUT2D eigenvalue weighted by Gasteiger charge is -2.43. The summed E-state index contributed by atoms with van der Waals surface area (Å²) in [4.78, 5) is 15.8. The highest BCUT2D eigenvalue weighted by Crippen LogP contribution is 2.39. The van der Waals surface area contributed by atoms with Gasteiger partial charge in [0.2, 0.25) is 0 Å². The molecule has 1 aromatic carbocycles. The quantitative estimate of drug-likeness (QED) is 0.700. The van der Waals surface area contributed by atoms with Crippen LogP contribution in [0.3, 0.4) is 0 Å². The Kier molecular flexibility index (Phi) is 5.26. The van der Waals surface area contributed by atoms with E-state index in [1.807, 2.05) is 12.1 Å². The summed E-state index contributed by atoms with van der Waals surface area (Å²) in [6.45, 7) is 5.79. The molecule has 4 rings (SSSR count). The van der Waals surface area contributed by atoms with Gasteiger partial charge in [-0.25, -0.2) is 0 Å². The predicted octanol–water partition coefficient (Wildman–Crippen LogP) is 3.44. The smallest absolute Gasteiger partial charge is 0.256 e. The van der Waals surface area contributed by atoms with Gasteiger partial charge in [0.15, 0.2) is 0 Å². The van der Waals surface area contributed by atoms with Crippen LogP contribution < -0.4 is 16.2 Å². The van der Waals surface area contributed by atoms with Gasteiger partial charge in [0, 0.05) is 41.6 Å². The second-order valence-electron chi connectivity index (χ2n) is 7.84. The van der Waals surface area contributed by atoms with E-state index in [9.17, 15) is 4.79 Å². The number of amides is 1. The number of carbonyl (C=O) groups excluding carboxylic acids is 1. The number of hydrogen-bond acceptors (Lipinski definition) is 4. The summed E-state index contributed by atoms with van der Waals surface area (Å²) in [6.07, 6.45) is 5.84. The lowest BCUT2D eigenvalue weighted by atomic mass is 9.80. The van der Waals surface area contributed by atoms with Gasteiger partial charge in [0.05, 0.1) is 11.3 Å². The number of benzene rings is 1. The van der Waals surface area contributed by atoms with Crippen LogP contribution >= 0.6 is 15.9 Å². The second-order valence-corrected chi connectivity index (χ2v) is 8.70. The van der Waals surface area contributed by atoms with E-state index in [4.69, 9.17) is 0 Å². The van der Waals surface area contributed by atoms with Crippen molar-refractivity contribution < 1.29 is 4.79 Å². The van der Waals surface area contributed by atoms with Gasteiger partial charge >= 0.3 is 0 Å². The summed E-state index contributed by atoms with van der Waals surface area (Å²) in [7, 11) is 0. The van der Waals surface area contributed by atoms with Crippen molar-refractivity contribution in [1.29, 1.82) is 0 Å². The van der Waals surface area contributed by atoms with Crippen LogP contribution in [0.5, 0.6) is 0 Å². The number of halogens is 1. The normalized spacial score (nSPS) is 30.7. The van der Waals surface area contributed by atoms with Crippen LogP contribution in [-0.4, -0.2) is 42.0 Å². The van der Waals surface area contributed by atoms with E-state index >= 15 is 0 Å². The topological polar surface area (TPSA) is 56.4 Å². The molecule has 4 unspecified atom stereocenters. The van der Waals surface area contributed by atoms with E-state index in [1.54, 1.807) is 0 Å². The standard InChI is InChI=1S/C20H29BrN4O/c1-3-22-19-12(2)14(21)9-8-13(19)20(26)25-11-10-16-18-15(23-24-16)6-4-5-7-17(18)25/h8-9,15-18,22-24H,3-7,10-11H2,1-2H3. The Labute approximate surface area is 164 Å². The summed E-state index contributed by atoms with van der Waals surface area (Å²) in [5, 5.41) is 3.42. The fourth-order valence-corrected chi connectivity index (χ4v) is 5.48. The maximum Gasteiger partial charge on any atom is 0.256 e. The molecule has 2 aliphatic heterocycles. The highest BCUT2D eigenvalue weighted by molar-refractivity contribution is 9.10. The molecule has 0 spiro atoms. The van der Waals surface area contributed by atoms with E-state index < -0.39 is 0 Å². The van der Waals surface area contributed by atoms with Gasteiger partial charge < -0.3 is 10.2 Å². The van der Waals surface area contributed by atoms with Crippen molar-refractivity contribution in [2.24, 2.45) is 5.92 Å². The number of rotatable bonds is 3. The van der Waals surface area contributed by atoms with Crippen molar-refractivity contribution in [3.05, 3.63) is 27.7 Å². The SMILES string of the molecule is CCNc1c(C(=O)N2CCC3NNC4CCCCC2C43)ccc(Br)c1C. The number of nitrogens with one attached hydrogen (secondary N) is 3. The highest BCUT2D eigenvalue weighted by Gasteiger charge is 2.48. The van der Waals surface area contributed by atoms with Crippen LogP contribution in [0.15, 0.2) is 16.6 Å². The largest absolute Gasteiger partial charge is 0.384 e. The van der Waals surface area contributed by atoms with Crippen molar-refractivity contribution in [1.82, 2.24) is 15.8 Å². The number of nitrogens with zero attached hydrogens (tertiary/aromatic N) is 1. The molecule has 1 aliphatic carbocycles. The summed E-state index contributed by atoms with van der Waals surface area (Å²) < 4.78 is 1.04. The van der Waals surface area contributed by atoms with E-state index in [1.165, 1.54) is 19.3 Å². The molecule has 4 atom stereocenters. The Morgan fingerprint density at radius 3 is 2.73 bits per heavy atom. The molecule has 1 amide bonds. The van der Waals surface area contributed by atoms with Gasteiger partial charge in [-0.2, -0.15) is 0 Å². The molecule has 2 saturated heterocycles. The van der Waals surface area contributed by atoms with Crippen molar-refractivity contribution in [3.8, 4) is 0 Å². The molecular weight excluding hydrogens is 392 g/mol. The first-order valence-corrected chi connectivity index (χ1v) is 10.8. The minimum atomic E-state index is 0.188. The Bertz CT molecular complexity index is 695. The summed E-state index contributed by atoms with van der Waals surface area (Å²) >= 11 is 3.60. The molecule has 1 saturated carbocycles. The minimum absolute atomic E-state index is 0.188. The molecule has 0 aromatic heterocycles. The molecule has 26 heavy (non-hydrogen) atoms. The number of piperidine rings is 1. The number of likely N-dealkylation sites (tertiary alicyclic amines) is 1. The van der Waals surface area contributed by atoms with Crippen molar-refractivity contribution in [2.45, 2.75) is 64.1 Å². The molecule has 6 heteroatoms. The van der Waals surface area contributed by atoms with Crippen molar-refractivity contribution in [3.63, 3.8) is 0 Å². The molecule has 3 N–H and O–H groups in total. The highest BCUT2D eigenvalue weighted by atomic mass is 79.9. The summed E-state index contributed by atoms with van der Waals surface area (Å²) in [5.41, 5.74) is 9.90. The molecule has 5 nitrogen and oxygen atoms in total. The monoisotopic (exact) mass is 420 g/mol. The van der Waals surface area contributed by atoms with Gasteiger partial charge in [0.25, 0.3) is 5.91 Å². The number of hydrogen-bond donors (Lipinski definition) is 3. The third-order valence-electron chi connectivity index (χ3n) is 6.42. The first-order valence-electron chi connectivity index (χ1n) is 9.96. The van der Waals surface area contributed by atoms with Crippen LogP contribution in [0, 0.1) is 12.8 Å². The zero-order valence-electron chi connectivity index (χ0n) is 15.6. The molecule has 0 radical (unpaired) electrons. The zero-order valence-corrected chi connectivity index (χ0v) is 17.2. The molecular formula is C20H29BrN4O. The number of carbonyl (C=O) groups is 1. The lowest BCUT2D eigenvalue weighted by molar-refractivity contribution is 0.0448. The van der Waals surface area contributed by atoms with Crippen molar-refractivity contribution >= 4 is 27.5 Å². The minimum Gasteiger partial charge on any atom is -0.384 e. The maximum atomic E-state index is 13.6. The third-order valence-corrected chi connectivity index (χ3v) is 7.28. The Morgan fingerprint density at radius 2 is 1.96 bits per heavy atom.